The zero-order chi connectivity index (χ0) is 32.0. The number of hydrogen-bond acceptors (Lipinski definition) is 6. The SMILES string of the molecule is CNC(=O)[C@H](Cc1ccccc1)N(Cc1ccc(Cl)cc1)C(=O)CN(c1ccc(F)cc1)S(=O)(=O)c1ccc2c(c1)OCCO2. The van der Waals surface area contributed by atoms with Gasteiger partial charge in [-0.1, -0.05) is 54.1 Å². The first-order chi connectivity index (χ1) is 21.7. The molecule has 0 bridgehead atoms. The number of sulfonamides is 1. The van der Waals surface area contributed by atoms with Gasteiger partial charge in [-0.3, -0.25) is 13.9 Å². The first kappa shape index (κ1) is 31.8. The van der Waals surface area contributed by atoms with Gasteiger partial charge in [-0.15, -0.1) is 0 Å². The number of nitrogens with one attached hydrogen (secondary N) is 1. The van der Waals surface area contributed by atoms with Crippen molar-refractivity contribution >= 4 is 39.1 Å². The number of benzene rings is 4. The first-order valence-corrected chi connectivity index (χ1v) is 15.9. The molecule has 4 aromatic rings. The molecular formula is C33H31ClFN3O6S. The van der Waals surface area contributed by atoms with Crippen molar-refractivity contribution in [3.63, 3.8) is 0 Å². The third-order valence-electron chi connectivity index (χ3n) is 7.28. The zero-order valence-corrected chi connectivity index (χ0v) is 25.9. The molecule has 0 aromatic heterocycles. The lowest BCUT2D eigenvalue weighted by Gasteiger charge is -2.33. The normalized spacial score (nSPS) is 13.0. The molecule has 1 heterocycles. The van der Waals surface area contributed by atoms with E-state index in [2.05, 4.69) is 5.32 Å². The lowest BCUT2D eigenvalue weighted by molar-refractivity contribution is -0.139. The molecule has 0 aliphatic carbocycles. The molecule has 12 heteroatoms. The van der Waals surface area contributed by atoms with E-state index >= 15 is 0 Å². The predicted molar refractivity (Wildman–Crippen MR) is 168 cm³/mol. The van der Waals surface area contributed by atoms with E-state index in [4.69, 9.17) is 21.1 Å². The quantitative estimate of drug-likeness (QED) is 0.249. The molecule has 1 aliphatic heterocycles. The van der Waals surface area contributed by atoms with Gasteiger partial charge in [-0.25, -0.2) is 12.8 Å². The Morgan fingerprint density at radius 2 is 1.56 bits per heavy atom. The summed E-state index contributed by atoms with van der Waals surface area (Å²) in [5.74, 6) is -1.01. The Morgan fingerprint density at radius 1 is 0.889 bits per heavy atom. The maximum absolute atomic E-state index is 14.3. The van der Waals surface area contributed by atoms with Crippen molar-refractivity contribution in [2.75, 3.05) is 31.1 Å². The highest BCUT2D eigenvalue weighted by molar-refractivity contribution is 7.92. The van der Waals surface area contributed by atoms with E-state index in [9.17, 15) is 22.4 Å². The smallest absolute Gasteiger partial charge is 0.264 e. The fraction of sp³-hybridized carbons (Fsp3) is 0.212. The maximum Gasteiger partial charge on any atom is 0.264 e. The number of fused-ring (bicyclic) bond motifs is 1. The van der Waals surface area contributed by atoms with Crippen LogP contribution in [0, 0.1) is 5.82 Å². The number of nitrogens with zero attached hydrogens (tertiary/aromatic N) is 2. The second-order valence-electron chi connectivity index (χ2n) is 10.3. The van der Waals surface area contributed by atoms with Crippen molar-refractivity contribution in [2.45, 2.75) is 23.9 Å². The molecule has 1 N–H and O–H groups in total. The molecule has 45 heavy (non-hydrogen) atoms. The third-order valence-corrected chi connectivity index (χ3v) is 9.30. The molecule has 2 amide bonds. The molecule has 1 atom stereocenters. The Kier molecular flexibility index (Phi) is 9.90. The summed E-state index contributed by atoms with van der Waals surface area (Å²) in [6, 6.07) is 24.0. The zero-order valence-electron chi connectivity index (χ0n) is 24.4. The van der Waals surface area contributed by atoms with Crippen molar-refractivity contribution in [3.8, 4) is 11.5 Å². The minimum Gasteiger partial charge on any atom is -0.486 e. The largest absolute Gasteiger partial charge is 0.486 e. The number of hydrogen-bond donors (Lipinski definition) is 1. The third kappa shape index (κ3) is 7.55. The highest BCUT2D eigenvalue weighted by atomic mass is 35.5. The van der Waals surface area contributed by atoms with Crippen LogP contribution in [0.15, 0.2) is 102 Å². The monoisotopic (exact) mass is 651 g/mol. The molecule has 0 unspecified atom stereocenters. The molecule has 0 fully saturated rings. The second kappa shape index (κ2) is 14.0. The van der Waals surface area contributed by atoms with Crippen LogP contribution in [0.25, 0.3) is 0 Å². The van der Waals surface area contributed by atoms with Crippen LogP contribution in [0.1, 0.15) is 11.1 Å². The van der Waals surface area contributed by atoms with Crippen LogP contribution in [0.5, 0.6) is 11.5 Å². The standard InChI is InChI=1S/C33H31ClFN3O6S/c1-36-33(40)29(19-23-5-3-2-4-6-23)37(21-24-7-9-25(34)10-8-24)32(39)22-38(27-13-11-26(35)12-14-27)45(41,42)28-15-16-30-31(20-28)44-18-17-43-30/h2-16,20,29H,17-19,21-22H2,1H3,(H,36,40)/t29-/m0/s1. The summed E-state index contributed by atoms with van der Waals surface area (Å²) in [5.41, 5.74) is 1.54. The van der Waals surface area contributed by atoms with Gasteiger partial charge >= 0.3 is 0 Å². The molecule has 234 valence electrons. The maximum atomic E-state index is 14.3. The summed E-state index contributed by atoms with van der Waals surface area (Å²) in [5, 5.41) is 3.14. The number of carbonyl (C=O) groups excluding carboxylic acids is 2. The van der Waals surface area contributed by atoms with Crippen LogP contribution < -0.4 is 19.1 Å². The summed E-state index contributed by atoms with van der Waals surface area (Å²) in [6.45, 7) is -0.118. The Labute approximate surface area is 266 Å². The highest BCUT2D eigenvalue weighted by Crippen LogP contribution is 2.34. The van der Waals surface area contributed by atoms with Crippen LogP contribution in [-0.2, 0) is 32.6 Å². The van der Waals surface area contributed by atoms with Gasteiger partial charge in [0.05, 0.1) is 10.6 Å². The van der Waals surface area contributed by atoms with Gasteiger partial charge in [0.15, 0.2) is 11.5 Å². The van der Waals surface area contributed by atoms with Gasteiger partial charge in [0.2, 0.25) is 11.8 Å². The van der Waals surface area contributed by atoms with Crippen molar-refractivity contribution in [3.05, 3.63) is 119 Å². The van der Waals surface area contributed by atoms with E-state index in [1.54, 1.807) is 24.3 Å². The summed E-state index contributed by atoms with van der Waals surface area (Å²) in [7, 11) is -2.93. The molecule has 0 saturated heterocycles. The number of amides is 2. The van der Waals surface area contributed by atoms with Gasteiger partial charge in [0, 0.05) is 31.1 Å². The number of ether oxygens (including phenoxy) is 2. The van der Waals surface area contributed by atoms with Crippen molar-refractivity contribution in [1.29, 1.82) is 0 Å². The van der Waals surface area contributed by atoms with Crippen molar-refractivity contribution in [2.24, 2.45) is 0 Å². The van der Waals surface area contributed by atoms with Crippen LogP contribution in [0.2, 0.25) is 5.02 Å². The number of anilines is 1. The van der Waals surface area contributed by atoms with Gasteiger partial charge < -0.3 is 19.7 Å². The van der Waals surface area contributed by atoms with Crippen molar-refractivity contribution in [1.82, 2.24) is 10.2 Å². The van der Waals surface area contributed by atoms with Gasteiger partial charge in [-0.2, -0.15) is 0 Å². The lowest BCUT2D eigenvalue weighted by Crippen LogP contribution is -2.53. The van der Waals surface area contributed by atoms with Crippen LogP contribution in [0.4, 0.5) is 10.1 Å². The molecule has 0 saturated carbocycles. The molecular weight excluding hydrogens is 621 g/mol. The minimum atomic E-state index is -4.41. The van der Waals surface area contributed by atoms with Crippen LogP contribution in [-0.4, -0.2) is 58.0 Å². The van der Waals surface area contributed by atoms with Crippen molar-refractivity contribution < 1.29 is 31.9 Å². The Hall–Kier alpha value is -4.61. The van der Waals surface area contributed by atoms with Crippen LogP contribution >= 0.6 is 11.6 Å². The first-order valence-electron chi connectivity index (χ1n) is 14.1. The molecule has 0 radical (unpaired) electrons. The predicted octanol–water partition coefficient (Wildman–Crippen LogP) is 4.83. The summed E-state index contributed by atoms with van der Waals surface area (Å²) >= 11 is 6.09. The molecule has 9 nitrogen and oxygen atoms in total. The number of carbonyl (C=O) groups is 2. The van der Waals surface area contributed by atoms with E-state index in [1.807, 2.05) is 30.3 Å². The minimum absolute atomic E-state index is 0.0117. The molecule has 5 rings (SSSR count). The fourth-order valence-electron chi connectivity index (χ4n) is 4.95. The van der Waals surface area contributed by atoms with Gasteiger partial charge in [-0.05, 0) is 59.7 Å². The van der Waals surface area contributed by atoms with Gasteiger partial charge in [0.1, 0.15) is 31.6 Å². The Bertz CT molecular complexity index is 1760. The average Bonchev–Trinajstić information content (AvgIpc) is 3.06. The highest BCUT2D eigenvalue weighted by Gasteiger charge is 2.35. The second-order valence-corrected chi connectivity index (χ2v) is 12.6. The lowest BCUT2D eigenvalue weighted by atomic mass is 10.0. The van der Waals surface area contributed by atoms with Crippen LogP contribution in [0.3, 0.4) is 0 Å². The average molecular weight is 652 g/mol. The topological polar surface area (TPSA) is 105 Å². The Balaban J connectivity index is 1.55. The van der Waals surface area contributed by atoms with E-state index in [0.29, 0.717) is 22.9 Å². The van der Waals surface area contributed by atoms with E-state index in [-0.39, 0.29) is 35.9 Å². The van der Waals surface area contributed by atoms with E-state index in [1.165, 1.54) is 42.3 Å². The van der Waals surface area contributed by atoms with E-state index < -0.39 is 40.2 Å². The molecule has 1 aliphatic rings. The summed E-state index contributed by atoms with van der Waals surface area (Å²) in [6.07, 6.45) is 0.172. The van der Waals surface area contributed by atoms with E-state index in [0.717, 1.165) is 22.0 Å². The number of likely N-dealkylation sites (N-methyl/N-ethyl adjacent to an activating group) is 1. The van der Waals surface area contributed by atoms with Gasteiger partial charge in [0.25, 0.3) is 10.0 Å². The summed E-state index contributed by atoms with van der Waals surface area (Å²) in [4.78, 5) is 28.9. The Morgan fingerprint density at radius 3 is 2.22 bits per heavy atom. The number of halogens is 2. The number of rotatable bonds is 11. The fourth-order valence-corrected chi connectivity index (χ4v) is 6.51. The summed E-state index contributed by atoms with van der Waals surface area (Å²) < 4.78 is 54.3. The molecule has 4 aromatic carbocycles. The molecule has 0 spiro atoms.